The molecule has 4 fully saturated rings. The number of anilines is 1. The highest BCUT2D eigenvalue weighted by Crippen LogP contribution is 2.70. The zero-order valence-electron chi connectivity index (χ0n) is 19.0. The molecule has 0 radical (unpaired) electrons. The van der Waals surface area contributed by atoms with Gasteiger partial charge < -0.3 is 9.64 Å². The summed E-state index contributed by atoms with van der Waals surface area (Å²) in [4.78, 5) is 24.9. The molecule has 2 atom stereocenters. The summed E-state index contributed by atoms with van der Waals surface area (Å²) in [5, 5.41) is 0. The molecule has 3 aliphatic carbocycles. The van der Waals surface area contributed by atoms with Gasteiger partial charge in [0, 0.05) is 30.6 Å². The molecule has 3 aromatic rings. The lowest BCUT2D eigenvalue weighted by atomic mass is 9.69. The van der Waals surface area contributed by atoms with Crippen molar-refractivity contribution in [1.29, 1.82) is 0 Å². The summed E-state index contributed by atoms with van der Waals surface area (Å²) in [7, 11) is 0. The Morgan fingerprint density at radius 3 is 2.62 bits per heavy atom. The van der Waals surface area contributed by atoms with E-state index in [0.717, 1.165) is 11.3 Å². The Bertz CT molecular complexity index is 1260. The summed E-state index contributed by atoms with van der Waals surface area (Å²) >= 11 is 0. The van der Waals surface area contributed by atoms with E-state index in [1.165, 1.54) is 0 Å². The summed E-state index contributed by atoms with van der Waals surface area (Å²) in [6.45, 7) is 5.38. The molecule has 3 saturated carbocycles. The van der Waals surface area contributed by atoms with Crippen LogP contribution in [-0.4, -0.2) is 50.8 Å². The van der Waals surface area contributed by atoms with Crippen molar-refractivity contribution in [2.24, 2.45) is 11.3 Å². The Hall–Kier alpha value is -2.88. The average molecular weight is 470 g/mol. The number of nitrogens with zero attached hydrogens (tertiary/aromatic N) is 6. The number of halogens is 3. The Labute approximate surface area is 194 Å². The van der Waals surface area contributed by atoms with E-state index in [4.69, 9.17) is 14.7 Å². The van der Waals surface area contributed by atoms with E-state index in [9.17, 15) is 13.2 Å². The Morgan fingerprint density at radius 2 is 1.88 bits per heavy atom. The second-order valence-electron chi connectivity index (χ2n) is 9.89. The minimum Gasteiger partial charge on any atom is -0.370 e. The molecule has 0 spiro atoms. The van der Waals surface area contributed by atoms with Crippen LogP contribution in [0, 0.1) is 25.2 Å². The molecule has 7 rings (SSSR count). The lowest BCUT2D eigenvalue weighted by Gasteiger charge is -2.39. The maximum atomic E-state index is 13.8. The van der Waals surface area contributed by atoms with Crippen molar-refractivity contribution in [3.63, 3.8) is 0 Å². The van der Waals surface area contributed by atoms with Crippen LogP contribution in [0.2, 0.25) is 0 Å². The zero-order chi connectivity index (χ0) is 23.7. The Morgan fingerprint density at radius 1 is 1.06 bits per heavy atom. The van der Waals surface area contributed by atoms with Gasteiger partial charge in [0.15, 0.2) is 5.65 Å². The quantitative estimate of drug-likeness (QED) is 0.560. The maximum Gasteiger partial charge on any atom is 0.394 e. The molecular formula is C24H25F3N6O. The van der Waals surface area contributed by atoms with Crippen LogP contribution in [0.5, 0.6) is 0 Å². The number of hydrogen-bond acceptors (Lipinski definition) is 7. The van der Waals surface area contributed by atoms with E-state index in [0.29, 0.717) is 48.2 Å². The van der Waals surface area contributed by atoms with Crippen LogP contribution >= 0.6 is 0 Å². The lowest BCUT2D eigenvalue weighted by Crippen LogP contribution is -2.42. The number of morpholine rings is 1. The van der Waals surface area contributed by atoms with Crippen molar-refractivity contribution < 1.29 is 17.9 Å². The number of alkyl halides is 3. The van der Waals surface area contributed by atoms with Crippen LogP contribution in [0.4, 0.5) is 19.1 Å². The molecule has 7 nitrogen and oxygen atoms in total. The number of aryl methyl sites for hydroxylation is 2. The number of ether oxygens (including phenoxy) is 1. The fourth-order valence-electron chi connectivity index (χ4n) is 5.85. The number of fused-ring (bicyclic) bond motifs is 2. The van der Waals surface area contributed by atoms with Gasteiger partial charge in [-0.3, -0.25) is 4.98 Å². The number of rotatable bonds is 3. The average Bonchev–Trinajstić information content (AvgIpc) is 3.36. The molecule has 2 bridgehead atoms. The first kappa shape index (κ1) is 21.6. The van der Waals surface area contributed by atoms with Crippen molar-refractivity contribution in [2.45, 2.75) is 51.3 Å². The van der Waals surface area contributed by atoms with Gasteiger partial charge >= 0.3 is 6.18 Å². The van der Waals surface area contributed by atoms with Gasteiger partial charge in [-0.2, -0.15) is 18.2 Å². The predicted octanol–water partition coefficient (Wildman–Crippen LogP) is 4.46. The van der Waals surface area contributed by atoms with Gasteiger partial charge in [-0.05, 0) is 56.7 Å². The van der Waals surface area contributed by atoms with Crippen LogP contribution in [0.15, 0.2) is 24.5 Å². The zero-order valence-corrected chi connectivity index (χ0v) is 19.0. The molecular weight excluding hydrogens is 445 g/mol. The van der Waals surface area contributed by atoms with Crippen molar-refractivity contribution in [3.8, 4) is 0 Å². The number of pyridine rings is 1. The van der Waals surface area contributed by atoms with Crippen molar-refractivity contribution in [2.75, 3.05) is 24.6 Å². The molecule has 4 heterocycles. The lowest BCUT2D eigenvalue weighted by molar-refractivity contribution is -0.244. The highest BCUT2D eigenvalue weighted by atomic mass is 19.4. The number of hydrogen-bond donors (Lipinski definition) is 0. The fourth-order valence-corrected chi connectivity index (χ4v) is 5.85. The van der Waals surface area contributed by atoms with E-state index in [1.807, 2.05) is 30.9 Å². The number of aromatic nitrogens is 5. The molecule has 178 valence electrons. The van der Waals surface area contributed by atoms with Crippen molar-refractivity contribution in [1.82, 2.24) is 24.9 Å². The van der Waals surface area contributed by atoms with Gasteiger partial charge in [-0.15, -0.1) is 0 Å². The van der Waals surface area contributed by atoms with Gasteiger partial charge in [0.2, 0.25) is 5.95 Å². The molecule has 3 aromatic heterocycles. The molecule has 0 amide bonds. The van der Waals surface area contributed by atoms with Crippen LogP contribution < -0.4 is 4.90 Å². The Balaban J connectivity index is 1.37. The smallest absolute Gasteiger partial charge is 0.370 e. The third kappa shape index (κ3) is 3.41. The molecule has 1 unspecified atom stereocenters. The molecule has 1 saturated heterocycles. The summed E-state index contributed by atoms with van der Waals surface area (Å²) in [6, 6.07) is 3.93. The van der Waals surface area contributed by atoms with Gasteiger partial charge in [-0.25, -0.2) is 15.0 Å². The SMILES string of the molecule is Cc1cc(C2CN(c3nc([C@@H]4CC5(C(F)(F)F)CC4C5)c4ncc(C)nc4n3)CCO2)ccn1. The first-order valence-corrected chi connectivity index (χ1v) is 11.6. The van der Waals surface area contributed by atoms with Crippen molar-refractivity contribution in [3.05, 3.63) is 47.2 Å². The van der Waals surface area contributed by atoms with Gasteiger partial charge in [-0.1, -0.05) is 0 Å². The first-order chi connectivity index (χ1) is 16.2. The molecule has 0 N–H and O–H groups in total. The third-order valence-corrected chi connectivity index (χ3v) is 7.62. The minimum atomic E-state index is -4.19. The molecule has 0 aromatic carbocycles. The minimum absolute atomic E-state index is 0.0343. The molecule has 1 aliphatic heterocycles. The van der Waals surface area contributed by atoms with Gasteiger partial charge in [0.25, 0.3) is 0 Å². The second kappa shape index (κ2) is 7.56. The van der Waals surface area contributed by atoms with Crippen LogP contribution in [-0.2, 0) is 4.74 Å². The second-order valence-corrected chi connectivity index (χ2v) is 9.89. The van der Waals surface area contributed by atoms with Crippen LogP contribution in [0.25, 0.3) is 11.2 Å². The van der Waals surface area contributed by atoms with E-state index in [2.05, 4.69) is 15.0 Å². The maximum absolute atomic E-state index is 13.8. The molecule has 34 heavy (non-hydrogen) atoms. The standard InChI is InChI=1S/C24H25F3N6O/c1-13-7-15(3-4-28-13)18-12-33(5-6-34-18)22-31-19(20-21(32-22)30-14(2)11-29-20)17-10-23(24(25,26)27)8-16(17)9-23/h3-4,7,11,16-18H,5-6,8-10,12H2,1-2H3/t16?,17-,18?,23?/m1/s1. The topological polar surface area (TPSA) is 76.9 Å². The summed E-state index contributed by atoms with van der Waals surface area (Å²) < 4.78 is 47.3. The molecule has 4 aliphatic rings. The van der Waals surface area contributed by atoms with E-state index >= 15 is 0 Å². The summed E-state index contributed by atoms with van der Waals surface area (Å²) in [5.41, 5.74) is 2.61. The third-order valence-electron chi connectivity index (χ3n) is 7.62. The monoisotopic (exact) mass is 470 g/mol. The summed E-state index contributed by atoms with van der Waals surface area (Å²) in [6.07, 6.45) is -0.570. The predicted molar refractivity (Wildman–Crippen MR) is 118 cm³/mol. The van der Waals surface area contributed by atoms with Gasteiger partial charge in [0.05, 0.1) is 30.0 Å². The normalized spacial score (nSPS) is 28.9. The highest BCUT2D eigenvalue weighted by Gasteiger charge is 2.69. The largest absolute Gasteiger partial charge is 0.394 e. The van der Waals surface area contributed by atoms with E-state index in [1.54, 1.807) is 12.4 Å². The molecule has 10 heteroatoms. The first-order valence-electron chi connectivity index (χ1n) is 11.6. The Kier molecular flexibility index (Phi) is 4.81. The van der Waals surface area contributed by atoms with E-state index < -0.39 is 11.6 Å². The van der Waals surface area contributed by atoms with Crippen LogP contribution in [0.1, 0.15) is 53.9 Å². The highest BCUT2D eigenvalue weighted by molar-refractivity contribution is 5.75. The van der Waals surface area contributed by atoms with E-state index in [-0.39, 0.29) is 37.2 Å². The van der Waals surface area contributed by atoms with Crippen molar-refractivity contribution >= 4 is 17.1 Å². The fraction of sp³-hybridized carbons (Fsp3) is 0.542. The summed E-state index contributed by atoms with van der Waals surface area (Å²) in [5.74, 6) is 0.155. The van der Waals surface area contributed by atoms with Gasteiger partial charge in [0.1, 0.15) is 11.6 Å². The van der Waals surface area contributed by atoms with Crippen LogP contribution in [0.3, 0.4) is 0 Å².